The number of furan rings is 1. The molecule has 0 unspecified atom stereocenters. The van der Waals surface area contributed by atoms with E-state index in [-0.39, 0.29) is 17.7 Å². The minimum absolute atomic E-state index is 0.0403. The van der Waals surface area contributed by atoms with Crippen molar-refractivity contribution in [1.29, 1.82) is 0 Å². The number of benzene rings is 1. The van der Waals surface area contributed by atoms with Crippen LogP contribution in [-0.4, -0.2) is 30.8 Å². The molecule has 6 nitrogen and oxygen atoms in total. The van der Waals surface area contributed by atoms with Crippen LogP contribution in [0.25, 0.3) is 0 Å². The molecule has 4 rings (SSSR count). The molecule has 1 fully saturated rings. The third kappa shape index (κ3) is 5.22. The van der Waals surface area contributed by atoms with Crippen molar-refractivity contribution in [2.24, 2.45) is 5.92 Å². The number of nitrogens with one attached hydrogen (secondary N) is 1. The molecule has 0 radical (unpaired) electrons. The lowest BCUT2D eigenvalue weighted by atomic mass is 10.1. The second-order valence-corrected chi connectivity index (χ2v) is 9.37. The number of thiophene rings is 1. The molecule has 1 aliphatic rings. The molecule has 1 N–H and O–H groups in total. The van der Waals surface area contributed by atoms with Crippen molar-refractivity contribution in [2.45, 2.75) is 38.8 Å². The predicted molar refractivity (Wildman–Crippen MR) is 128 cm³/mol. The summed E-state index contributed by atoms with van der Waals surface area (Å²) in [6, 6.07) is 13.3. The maximum absolute atomic E-state index is 13.3. The number of hydrogen-bond acceptors (Lipinski definition) is 5. The largest absolute Gasteiger partial charge is 0.467 e. The molecule has 7 heteroatoms. The smallest absolute Gasteiger partial charge is 0.264 e. The number of amides is 2. The SMILES string of the molecule is CN(C)c1ccc(NC(=O)C2CCCC2)cc1CN(Cc1ccco1)C(=O)c1cccs1. The van der Waals surface area contributed by atoms with Gasteiger partial charge in [-0.1, -0.05) is 18.9 Å². The average Bonchev–Trinajstić information content (AvgIpc) is 3.56. The summed E-state index contributed by atoms with van der Waals surface area (Å²) in [6.45, 7) is 0.771. The minimum atomic E-state index is -0.0403. The Hall–Kier alpha value is -3.06. The molecule has 0 spiro atoms. The van der Waals surface area contributed by atoms with Crippen LogP contribution >= 0.6 is 11.3 Å². The molecule has 2 heterocycles. The van der Waals surface area contributed by atoms with Gasteiger partial charge in [0.25, 0.3) is 5.91 Å². The monoisotopic (exact) mass is 451 g/mol. The van der Waals surface area contributed by atoms with Crippen molar-refractivity contribution in [3.63, 3.8) is 0 Å². The van der Waals surface area contributed by atoms with Gasteiger partial charge in [0.2, 0.25) is 5.91 Å². The minimum Gasteiger partial charge on any atom is -0.467 e. The van der Waals surface area contributed by atoms with Crippen molar-refractivity contribution in [3.05, 3.63) is 70.3 Å². The first-order chi connectivity index (χ1) is 15.5. The normalized spacial score (nSPS) is 13.8. The lowest BCUT2D eigenvalue weighted by molar-refractivity contribution is -0.119. The third-order valence-electron chi connectivity index (χ3n) is 5.86. The molecular formula is C25H29N3O3S. The molecule has 1 saturated carbocycles. The van der Waals surface area contributed by atoms with Gasteiger partial charge in [-0.3, -0.25) is 9.59 Å². The van der Waals surface area contributed by atoms with Gasteiger partial charge in [0.05, 0.1) is 17.7 Å². The Morgan fingerprint density at radius 2 is 1.91 bits per heavy atom. The summed E-state index contributed by atoms with van der Waals surface area (Å²) in [5.74, 6) is 0.879. The summed E-state index contributed by atoms with van der Waals surface area (Å²) in [4.78, 5) is 30.4. The Labute approximate surface area is 192 Å². The fraction of sp³-hybridized carbons (Fsp3) is 0.360. The average molecular weight is 452 g/mol. The first-order valence-electron chi connectivity index (χ1n) is 11.0. The topological polar surface area (TPSA) is 65.8 Å². The maximum atomic E-state index is 13.3. The zero-order valence-electron chi connectivity index (χ0n) is 18.5. The number of anilines is 2. The van der Waals surface area contributed by atoms with Crippen LogP contribution in [0.2, 0.25) is 0 Å². The van der Waals surface area contributed by atoms with Gasteiger partial charge in [-0.05, 0) is 60.2 Å². The van der Waals surface area contributed by atoms with E-state index < -0.39 is 0 Å². The maximum Gasteiger partial charge on any atom is 0.264 e. The standard InChI is InChI=1S/C25H29N3O3S/c1-27(2)22-12-11-20(26-24(29)18-7-3-4-8-18)15-19(22)16-28(17-21-9-5-13-31-21)25(30)23-10-6-14-32-23/h5-6,9-15,18H,3-4,7-8,16-17H2,1-2H3,(H,26,29). The highest BCUT2D eigenvalue weighted by atomic mass is 32.1. The number of hydrogen-bond donors (Lipinski definition) is 1. The predicted octanol–water partition coefficient (Wildman–Crippen LogP) is 5.38. The molecule has 0 bridgehead atoms. The first-order valence-corrected chi connectivity index (χ1v) is 11.9. The molecule has 32 heavy (non-hydrogen) atoms. The van der Waals surface area contributed by atoms with E-state index in [9.17, 15) is 9.59 Å². The van der Waals surface area contributed by atoms with Gasteiger partial charge in [0, 0.05) is 37.9 Å². The van der Waals surface area contributed by atoms with Crippen LogP contribution in [-0.2, 0) is 17.9 Å². The van der Waals surface area contributed by atoms with Crippen molar-refractivity contribution >= 4 is 34.5 Å². The molecule has 0 saturated heterocycles. The van der Waals surface area contributed by atoms with E-state index in [0.717, 1.165) is 48.4 Å². The Kier molecular flexibility index (Phi) is 6.95. The van der Waals surface area contributed by atoms with E-state index in [1.54, 1.807) is 11.2 Å². The molecule has 2 aromatic heterocycles. The Bertz CT molecular complexity index is 1040. The fourth-order valence-electron chi connectivity index (χ4n) is 4.21. The van der Waals surface area contributed by atoms with Crippen molar-refractivity contribution < 1.29 is 14.0 Å². The van der Waals surface area contributed by atoms with E-state index in [2.05, 4.69) is 5.32 Å². The zero-order chi connectivity index (χ0) is 22.5. The Balaban J connectivity index is 1.60. The first kappa shape index (κ1) is 22.1. The molecular weight excluding hydrogens is 422 g/mol. The Morgan fingerprint density at radius 1 is 1.09 bits per heavy atom. The van der Waals surface area contributed by atoms with Crippen LogP contribution in [0, 0.1) is 5.92 Å². The van der Waals surface area contributed by atoms with Crippen LogP contribution in [0.15, 0.2) is 58.5 Å². The second-order valence-electron chi connectivity index (χ2n) is 8.43. The van der Waals surface area contributed by atoms with E-state index in [0.29, 0.717) is 18.0 Å². The van der Waals surface area contributed by atoms with Gasteiger partial charge in [0.15, 0.2) is 0 Å². The van der Waals surface area contributed by atoms with Crippen molar-refractivity contribution in [3.8, 4) is 0 Å². The third-order valence-corrected chi connectivity index (χ3v) is 6.72. The lowest BCUT2D eigenvalue weighted by Crippen LogP contribution is -2.30. The van der Waals surface area contributed by atoms with E-state index in [4.69, 9.17) is 4.42 Å². The molecule has 0 aliphatic heterocycles. The van der Waals surface area contributed by atoms with Crippen molar-refractivity contribution in [2.75, 3.05) is 24.3 Å². The fourth-order valence-corrected chi connectivity index (χ4v) is 4.90. The highest BCUT2D eigenvalue weighted by Crippen LogP contribution is 2.29. The van der Waals surface area contributed by atoms with Crippen LogP contribution < -0.4 is 10.2 Å². The summed E-state index contributed by atoms with van der Waals surface area (Å²) in [5, 5.41) is 4.99. The van der Waals surface area contributed by atoms with E-state index in [1.807, 2.05) is 66.8 Å². The molecule has 3 aromatic rings. The van der Waals surface area contributed by atoms with Gasteiger partial charge in [-0.25, -0.2) is 0 Å². The van der Waals surface area contributed by atoms with Crippen molar-refractivity contribution in [1.82, 2.24) is 4.90 Å². The molecule has 2 amide bonds. The summed E-state index contributed by atoms with van der Waals surface area (Å²) >= 11 is 1.43. The van der Waals surface area contributed by atoms with Gasteiger partial charge in [-0.15, -0.1) is 11.3 Å². The van der Waals surface area contributed by atoms with E-state index >= 15 is 0 Å². The van der Waals surface area contributed by atoms with E-state index in [1.165, 1.54) is 11.3 Å². The molecule has 1 aromatic carbocycles. The quantitative estimate of drug-likeness (QED) is 0.499. The number of nitrogens with zero attached hydrogens (tertiary/aromatic N) is 2. The van der Waals surface area contributed by atoms with Gasteiger partial charge < -0.3 is 19.5 Å². The molecule has 1 aliphatic carbocycles. The van der Waals surface area contributed by atoms with Gasteiger partial charge >= 0.3 is 0 Å². The zero-order valence-corrected chi connectivity index (χ0v) is 19.4. The summed E-state index contributed by atoms with van der Waals surface area (Å²) in [6.07, 6.45) is 5.78. The molecule has 0 atom stereocenters. The highest BCUT2D eigenvalue weighted by molar-refractivity contribution is 7.12. The van der Waals surface area contributed by atoms with Crippen LogP contribution in [0.4, 0.5) is 11.4 Å². The van der Waals surface area contributed by atoms with Gasteiger partial charge in [-0.2, -0.15) is 0 Å². The van der Waals surface area contributed by atoms with Crippen LogP contribution in [0.3, 0.4) is 0 Å². The molecule has 168 valence electrons. The summed E-state index contributed by atoms with van der Waals surface area (Å²) < 4.78 is 5.52. The summed E-state index contributed by atoms with van der Waals surface area (Å²) in [5.41, 5.74) is 2.74. The second kappa shape index (κ2) is 10.0. The summed E-state index contributed by atoms with van der Waals surface area (Å²) in [7, 11) is 3.96. The number of rotatable bonds is 8. The number of carbonyl (C=O) groups is 2. The van der Waals surface area contributed by atoms with Crippen LogP contribution in [0.5, 0.6) is 0 Å². The van der Waals surface area contributed by atoms with Gasteiger partial charge in [0.1, 0.15) is 5.76 Å². The number of carbonyl (C=O) groups excluding carboxylic acids is 2. The Morgan fingerprint density at radius 3 is 2.56 bits per heavy atom. The van der Waals surface area contributed by atoms with Crippen LogP contribution in [0.1, 0.15) is 46.7 Å². The highest BCUT2D eigenvalue weighted by Gasteiger charge is 2.24. The lowest BCUT2D eigenvalue weighted by Gasteiger charge is -2.25.